The van der Waals surface area contributed by atoms with Crippen LogP contribution in [-0.4, -0.2) is 21.0 Å². The zero-order chi connectivity index (χ0) is 25.6. The molecule has 4 aromatic carbocycles. The summed E-state index contributed by atoms with van der Waals surface area (Å²) in [5, 5.41) is 8.64. The second kappa shape index (κ2) is 11.2. The summed E-state index contributed by atoms with van der Waals surface area (Å²) in [5.74, 6) is 0. The van der Waals surface area contributed by atoms with E-state index in [9.17, 15) is 0 Å². The first kappa shape index (κ1) is 23.7. The normalized spacial score (nSPS) is 11.3. The average molecular weight is 509 g/mol. The zero-order valence-electron chi connectivity index (χ0n) is 20.7. The molecule has 6 aromatic rings. The molecule has 0 spiro atoms. The van der Waals surface area contributed by atoms with Crippen LogP contribution in [0.25, 0.3) is 17.1 Å². The van der Waals surface area contributed by atoms with Gasteiger partial charge in [0.25, 0.3) is 0 Å². The van der Waals surface area contributed by atoms with Gasteiger partial charge in [0.2, 0.25) is 0 Å². The molecule has 0 aliphatic heterocycles. The zero-order valence-corrected chi connectivity index (χ0v) is 21.6. The summed E-state index contributed by atoms with van der Waals surface area (Å²) >= 11 is 0. The van der Waals surface area contributed by atoms with E-state index in [1.807, 2.05) is 65.6 Å². The van der Waals surface area contributed by atoms with Crippen LogP contribution >= 0.6 is 7.92 Å². The summed E-state index contributed by atoms with van der Waals surface area (Å²) in [6.07, 6.45) is 5.67. The highest BCUT2D eigenvalue weighted by Crippen LogP contribution is 2.32. The molecule has 0 saturated carbocycles. The van der Waals surface area contributed by atoms with Gasteiger partial charge in [-0.3, -0.25) is 9.98 Å². The van der Waals surface area contributed by atoms with Crippen LogP contribution in [0.15, 0.2) is 151 Å². The Morgan fingerprint density at radius 3 is 1.97 bits per heavy atom. The van der Waals surface area contributed by atoms with Crippen LogP contribution in [0.3, 0.4) is 0 Å². The number of nitrogens with zero attached hydrogens (tertiary/aromatic N) is 4. The molecule has 0 fully saturated rings. The van der Waals surface area contributed by atoms with E-state index < -0.39 is 7.92 Å². The number of hydrogen-bond acceptors (Lipinski definition) is 3. The van der Waals surface area contributed by atoms with Gasteiger partial charge in [0.15, 0.2) is 0 Å². The van der Waals surface area contributed by atoms with Gasteiger partial charge in [-0.1, -0.05) is 84.9 Å². The lowest BCUT2D eigenvalue weighted by atomic mass is 10.2. The largest absolute Gasteiger partial charge is 0.256 e. The third-order valence-corrected chi connectivity index (χ3v) is 8.57. The minimum atomic E-state index is -0.648. The molecule has 6 rings (SSSR count). The lowest BCUT2D eigenvalue weighted by Crippen LogP contribution is -2.20. The van der Waals surface area contributed by atoms with Crippen molar-refractivity contribution in [3.05, 3.63) is 151 Å². The van der Waals surface area contributed by atoms with Gasteiger partial charge in [0.1, 0.15) is 5.69 Å². The fourth-order valence-electron chi connectivity index (χ4n) is 4.30. The topological polar surface area (TPSA) is 43.1 Å². The average Bonchev–Trinajstić information content (AvgIpc) is 3.49. The van der Waals surface area contributed by atoms with Crippen molar-refractivity contribution in [2.75, 3.05) is 0 Å². The van der Waals surface area contributed by atoms with Crippen LogP contribution in [0.2, 0.25) is 0 Å². The minimum absolute atomic E-state index is 0.648. The van der Waals surface area contributed by atoms with Crippen molar-refractivity contribution >= 4 is 35.7 Å². The van der Waals surface area contributed by atoms with E-state index in [1.54, 1.807) is 6.20 Å². The summed E-state index contributed by atoms with van der Waals surface area (Å²) in [7, 11) is -0.648. The summed E-state index contributed by atoms with van der Waals surface area (Å²) < 4.78 is 1.86. The molecular formula is C33H25N4P. The van der Waals surface area contributed by atoms with Crippen molar-refractivity contribution in [2.45, 2.75) is 0 Å². The van der Waals surface area contributed by atoms with Crippen LogP contribution in [-0.2, 0) is 0 Å². The maximum Gasteiger partial charge on any atom is 0.111 e. The fraction of sp³-hybridized carbons (Fsp3) is 0. The molecule has 0 aliphatic carbocycles. The van der Waals surface area contributed by atoms with Crippen molar-refractivity contribution < 1.29 is 0 Å². The first-order valence-corrected chi connectivity index (χ1v) is 13.8. The van der Waals surface area contributed by atoms with Crippen molar-refractivity contribution in [1.29, 1.82) is 0 Å². The van der Waals surface area contributed by atoms with Gasteiger partial charge in [0, 0.05) is 18.6 Å². The molecule has 0 saturated heterocycles. The van der Waals surface area contributed by atoms with Gasteiger partial charge < -0.3 is 0 Å². The Balaban J connectivity index is 1.22. The van der Waals surface area contributed by atoms with E-state index in [2.05, 4.69) is 95.0 Å². The number of benzene rings is 4. The van der Waals surface area contributed by atoms with Crippen molar-refractivity contribution in [3.63, 3.8) is 0 Å². The van der Waals surface area contributed by atoms with E-state index in [-0.39, 0.29) is 0 Å². The van der Waals surface area contributed by atoms with E-state index in [4.69, 9.17) is 4.99 Å². The maximum atomic E-state index is 4.75. The minimum Gasteiger partial charge on any atom is -0.256 e. The smallest absolute Gasteiger partial charge is 0.111 e. The van der Waals surface area contributed by atoms with Gasteiger partial charge in [-0.05, 0) is 77.9 Å². The number of rotatable bonds is 7. The summed E-state index contributed by atoms with van der Waals surface area (Å²) in [6.45, 7) is 0. The fourth-order valence-corrected chi connectivity index (χ4v) is 6.65. The Morgan fingerprint density at radius 2 is 1.29 bits per heavy atom. The number of aromatic nitrogens is 3. The van der Waals surface area contributed by atoms with Crippen molar-refractivity contribution in [3.8, 4) is 17.1 Å². The van der Waals surface area contributed by atoms with E-state index >= 15 is 0 Å². The predicted octanol–water partition coefficient (Wildman–Crippen LogP) is 6.44. The van der Waals surface area contributed by atoms with Crippen LogP contribution in [0, 0.1) is 0 Å². The molecule has 0 N–H and O–H groups in total. The van der Waals surface area contributed by atoms with Crippen molar-refractivity contribution in [1.82, 2.24) is 14.8 Å². The molecule has 5 heteroatoms. The second-order valence-electron chi connectivity index (χ2n) is 8.74. The highest BCUT2D eigenvalue weighted by molar-refractivity contribution is 7.79. The Bertz CT molecular complexity index is 1610. The molecule has 0 amide bonds. The molecule has 0 unspecified atom stereocenters. The summed E-state index contributed by atoms with van der Waals surface area (Å²) in [4.78, 5) is 9.13. The third kappa shape index (κ3) is 5.36. The Kier molecular flexibility index (Phi) is 6.97. The van der Waals surface area contributed by atoms with Crippen LogP contribution in [0.1, 0.15) is 5.56 Å². The highest BCUT2D eigenvalue weighted by atomic mass is 31.1. The van der Waals surface area contributed by atoms with Gasteiger partial charge in [-0.25, -0.2) is 4.68 Å². The SMILES string of the molecule is C(=Nc1ccc(-n2ccc(-c3ccccn3)n2)cc1)c1cccc(P(c2ccccc2)c2ccccc2)c1. The number of aliphatic imine (C=N–C) groups is 1. The monoisotopic (exact) mass is 508 g/mol. The summed E-state index contributed by atoms with van der Waals surface area (Å²) in [6, 6.07) is 46.1. The molecule has 0 aliphatic rings. The molecule has 2 aromatic heterocycles. The number of pyridine rings is 1. The van der Waals surface area contributed by atoms with E-state index in [0.717, 1.165) is 28.3 Å². The van der Waals surface area contributed by atoms with Crippen LogP contribution in [0.4, 0.5) is 5.69 Å². The number of hydrogen-bond donors (Lipinski definition) is 0. The van der Waals surface area contributed by atoms with Gasteiger partial charge in [-0.2, -0.15) is 5.10 Å². The first-order chi connectivity index (χ1) is 18.8. The van der Waals surface area contributed by atoms with Gasteiger partial charge >= 0.3 is 0 Å². The molecule has 4 nitrogen and oxygen atoms in total. The molecule has 0 atom stereocenters. The third-order valence-electron chi connectivity index (χ3n) is 6.15. The van der Waals surface area contributed by atoms with Crippen LogP contribution < -0.4 is 15.9 Å². The molecule has 2 heterocycles. The Hall–Kier alpha value is -4.66. The summed E-state index contributed by atoms with van der Waals surface area (Å²) in [5.41, 5.74) is 4.66. The van der Waals surface area contributed by atoms with Crippen LogP contribution in [0.5, 0.6) is 0 Å². The maximum absolute atomic E-state index is 4.75. The molecule has 38 heavy (non-hydrogen) atoms. The first-order valence-electron chi connectivity index (χ1n) is 12.5. The van der Waals surface area contributed by atoms with Crippen molar-refractivity contribution in [2.24, 2.45) is 4.99 Å². The Labute approximate surface area is 223 Å². The quantitative estimate of drug-likeness (QED) is 0.184. The lowest BCUT2D eigenvalue weighted by Gasteiger charge is -2.19. The second-order valence-corrected chi connectivity index (χ2v) is 11.0. The molecular weight excluding hydrogens is 483 g/mol. The van der Waals surface area contributed by atoms with E-state index in [1.165, 1.54) is 15.9 Å². The lowest BCUT2D eigenvalue weighted by molar-refractivity contribution is 0.882. The Morgan fingerprint density at radius 1 is 0.605 bits per heavy atom. The van der Waals surface area contributed by atoms with Gasteiger partial charge in [-0.15, -0.1) is 0 Å². The molecule has 182 valence electrons. The van der Waals surface area contributed by atoms with E-state index in [0.29, 0.717) is 0 Å². The molecule has 0 bridgehead atoms. The van der Waals surface area contributed by atoms with Gasteiger partial charge in [0.05, 0.1) is 17.1 Å². The standard InChI is InChI=1S/C33H25N4P/c1-3-11-29(12-4-1)38(30-13-5-2-6-14-30)31-15-9-10-26(24-31)25-35-27-17-19-28(20-18-27)37-23-21-33(36-37)32-16-7-8-22-34-32/h1-25H. The highest BCUT2D eigenvalue weighted by Gasteiger charge is 2.16. The predicted molar refractivity (Wildman–Crippen MR) is 159 cm³/mol. The molecule has 0 radical (unpaired) electrons.